The molecule has 0 saturated heterocycles. The summed E-state index contributed by atoms with van der Waals surface area (Å²) < 4.78 is 28.0. The Balaban J connectivity index is 2.94. The molecule has 15 heavy (non-hydrogen) atoms. The number of allylic oxidation sites excluding steroid dienone is 1. The summed E-state index contributed by atoms with van der Waals surface area (Å²) in [5, 5.41) is 9.87. The molecule has 0 aromatic heterocycles. The van der Waals surface area contributed by atoms with E-state index in [1.165, 1.54) is 12.2 Å². The van der Waals surface area contributed by atoms with E-state index in [4.69, 9.17) is 9.92 Å². The van der Waals surface area contributed by atoms with Gasteiger partial charge in [0.2, 0.25) is 4.93 Å². The molecule has 0 aliphatic heterocycles. The number of nitrogens with two attached hydrogens (primary N) is 1. The Morgan fingerprint density at radius 2 is 2.20 bits per heavy atom. The van der Waals surface area contributed by atoms with E-state index in [1.807, 2.05) is 0 Å². The van der Waals surface area contributed by atoms with Crippen molar-refractivity contribution < 1.29 is 17.7 Å². The largest absolute Gasteiger partial charge is 0.399 e. The number of hydrogen-bond donors (Lipinski definition) is 2. The highest BCUT2D eigenvalue weighted by Crippen LogP contribution is 2.27. The third-order valence-corrected chi connectivity index (χ3v) is 3.73. The third-order valence-electron chi connectivity index (χ3n) is 1.92. The molecule has 0 radical (unpaired) electrons. The van der Waals surface area contributed by atoms with E-state index in [2.05, 4.69) is 0 Å². The molecule has 1 unspecified atom stereocenters. The van der Waals surface area contributed by atoms with Crippen molar-refractivity contribution >= 4 is 10.1 Å². The Morgan fingerprint density at radius 1 is 1.60 bits per heavy atom. The quantitative estimate of drug-likeness (QED) is 0.681. The maximum absolute atomic E-state index is 11.6. The summed E-state index contributed by atoms with van der Waals surface area (Å²) >= 11 is 0. The van der Waals surface area contributed by atoms with Crippen molar-refractivity contribution in [2.24, 2.45) is 5.73 Å². The minimum Gasteiger partial charge on any atom is -0.399 e. The number of hydrogen-bond acceptors (Lipinski definition) is 5. The molecule has 0 heterocycles. The van der Waals surface area contributed by atoms with Crippen molar-refractivity contribution in [3.63, 3.8) is 0 Å². The molecule has 3 N–H and O–H groups in total. The van der Waals surface area contributed by atoms with E-state index in [9.17, 15) is 13.5 Å². The normalized spacial score (nSPS) is 26.8. The van der Waals surface area contributed by atoms with Gasteiger partial charge >= 0.3 is 10.1 Å². The predicted molar refractivity (Wildman–Crippen MR) is 56.1 cm³/mol. The maximum Gasteiger partial charge on any atom is 0.301 e. The van der Waals surface area contributed by atoms with Crippen molar-refractivity contribution in [1.29, 1.82) is 0 Å². The average Bonchev–Trinajstić information content (AvgIpc) is 2.08. The molecule has 1 rings (SSSR count). The Labute approximate surface area is 89.4 Å². The summed E-state index contributed by atoms with van der Waals surface area (Å²) in [6.45, 7) is 3.16. The van der Waals surface area contributed by atoms with Crippen LogP contribution >= 0.6 is 0 Å². The van der Waals surface area contributed by atoms with E-state index in [0.717, 1.165) is 6.08 Å². The Morgan fingerprint density at radius 3 is 2.60 bits per heavy atom. The summed E-state index contributed by atoms with van der Waals surface area (Å²) in [7, 11) is -4.04. The second-order valence-corrected chi connectivity index (χ2v) is 5.49. The van der Waals surface area contributed by atoms with Crippen LogP contribution in [-0.4, -0.2) is 24.6 Å². The van der Waals surface area contributed by atoms with Gasteiger partial charge in [-0.2, -0.15) is 8.42 Å². The molecule has 0 aromatic carbocycles. The fourth-order valence-electron chi connectivity index (χ4n) is 1.15. The van der Waals surface area contributed by atoms with Crippen LogP contribution in [0.4, 0.5) is 0 Å². The van der Waals surface area contributed by atoms with E-state index in [0.29, 0.717) is 5.70 Å². The van der Waals surface area contributed by atoms with Gasteiger partial charge < -0.3 is 10.8 Å². The fourth-order valence-corrected chi connectivity index (χ4v) is 2.34. The molecule has 0 fully saturated rings. The molecule has 0 amide bonds. The van der Waals surface area contributed by atoms with Gasteiger partial charge in [0.1, 0.15) is 0 Å². The van der Waals surface area contributed by atoms with Crippen molar-refractivity contribution in [2.75, 3.05) is 0 Å². The molecule has 86 valence electrons. The first-order valence-electron chi connectivity index (χ1n) is 4.57. The highest BCUT2D eigenvalue weighted by atomic mass is 32.2. The first-order chi connectivity index (χ1) is 6.77. The summed E-state index contributed by atoms with van der Waals surface area (Å²) in [6.07, 6.45) is 3.34. The number of aliphatic hydroxyl groups is 1. The van der Waals surface area contributed by atoms with Crippen LogP contribution in [0, 0.1) is 0 Å². The van der Waals surface area contributed by atoms with Gasteiger partial charge in [0, 0.05) is 12.1 Å². The summed E-state index contributed by atoms with van der Waals surface area (Å²) in [4.78, 5) is -2.00. The third kappa shape index (κ3) is 2.58. The van der Waals surface area contributed by atoms with Crippen LogP contribution in [0.25, 0.3) is 0 Å². The maximum atomic E-state index is 11.6. The SMILES string of the molecule is CC(C)OS(=O)(=O)C1(O)C=CC(N)=CC1. The average molecular weight is 233 g/mol. The molecule has 1 atom stereocenters. The van der Waals surface area contributed by atoms with Gasteiger partial charge in [0.05, 0.1) is 6.10 Å². The lowest BCUT2D eigenvalue weighted by molar-refractivity contribution is 0.138. The molecular weight excluding hydrogens is 218 g/mol. The van der Waals surface area contributed by atoms with Gasteiger partial charge in [0.15, 0.2) is 0 Å². The van der Waals surface area contributed by atoms with E-state index < -0.39 is 21.2 Å². The van der Waals surface area contributed by atoms with Gasteiger partial charge in [-0.05, 0) is 26.0 Å². The van der Waals surface area contributed by atoms with Crippen molar-refractivity contribution in [2.45, 2.75) is 31.3 Å². The zero-order valence-electron chi connectivity index (χ0n) is 8.67. The van der Waals surface area contributed by atoms with Crippen LogP contribution in [0.3, 0.4) is 0 Å². The van der Waals surface area contributed by atoms with Crippen molar-refractivity contribution in [3.05, 3.63) is 23.9 Å². The van der Waals surface area contributed by atoms with Crippen LogP contribution < -0.4 is 5.73 Å². The lowest BCUT2D eigenvalue weighted by Gasteiger charge is -2.25. The summed E-state index contributed by atoms with van der Waals surface area (Å²) in [5.74, 6) is 0. The minimum atomic E-state index is -4.04. The Hall–Kier alpha value is -0.850. The van der Waals surface area contributed by atoms with Crippen LogP contribution in [0.15, 0.2) is 23.9 Å². The molecule has 0 spiro atoms. The first kappa shape index (κ1) is 12.2. The van der Waals surface area contributed by atoms with E-state index in [-0.39, 0.29) is 6.42 Å². The standard InChI is InChI=1S/C9H15NO4S/c1-7(2)14-15(12,13)9(11)5-3-8(10)4-6-9/h3-5,7,11H,6,10H2,1-2H3. The molecule has 0 aromatic rings. The smallest absolute Gasteiger partial charge is 0.301 e. The Kier molecular flexibility index (Phi) is 3.22. The molecule has 1 aliphatic carbocycles. The molecular formula is C9H15NO4S. The van der Waals surface area contributed by atoms with Crippen LogP contribution in [0.5, 0.6) is 0 Å². The zero-order valence-corrected chi connectivity index (χ0v) is 9.49. The Bertz CT molecular complexity index is 396. The second kappa shape index (κ2) is 3.96. The van der Waals surface area contributed by atoms with E-state index >= 15 is 0 Å². The summed E-state index contributed by atoms with van der Waals surface area (Å²) in [5.41, 5.74) is 5.86. The van der Waals surface area contributed by atoms with Gasteiger partial charge in [-0.25, -0.2) is 0 Å². The highest BCUT2D eigenvalue weighted by molar-refractivity contribution is 7.88. The van der Waals surface area contributed by atoms with Crippen LogP contribution in [-0.2, 0) is 14.3 Å². The lowest BCUT2D eigenvalue weighted by Crippen LogP contribution is -2.40. The number of rotatable bonds is 3. The van der Waals surface area contributed by atoms with Crippen molar-refractivity contribution in [1.82, 2.24) is 0 Å². The molecule has 6 heteroatoms. The second-order valence-electron chi connectivity index (χ2n) is 3.69. The summed E-state index contributed by atoms with van der Waals surface area (Å²) in [6, 6.07) is 0. The van der Waals surface area contributed by atoms with Gasteiger partial charge in [-0.3, -0.25) is 4.18 Å². The van der Waals surface area contributed by atoms with Gasteiger partial charge in [0.25, 0.3) is 0 Å². The van der Waals surface area contributed by atoms with Crippen LogP contribution in [0.2, 0.25) is 0 Å². The van der Waals surface area contributed by atoms with Crippen LogP contribution in [0.1, 0.15) is 20.3 Å². The molecule has 1 aliphatic rings. The molecule has 0 bridgehead atoms. The fraction of sp³-hybridized carbons (Fsp3) is 0.556. The van der Waals surface area contributed by atoms with Crippen molar-refractivity contribution in [3.8, 4) is 0 Å². The zero-order chi connectivity index (χ0) is 11.7. The van der Waals surface area contributed by atoms with E-state index in [1.54, 1.807) is 13.8 Å². The lowest BCUT2D eigenvalue weighted by atomic mass is 10.1. The first-order valence-corrected chi connectivity index (χ1v) is 5.98. The minimum absolute atomic E-state index is 0.0929. The predicted octanol–water partition coefficient (Wildman–Crippen LogP) is 0.232. The molecule has 5 nitrogen and oxygen atoms in total. The molecule has 0 saturated carbocycles. The highest BCUT2D eigenvalue weighted by Gasteiger charge is 2.41. The monoisotopic (exact) mass is 233 g/mol. The van der Waals surface area contributed by atoms with Gasteiger partial charge in [-0.1, -0.05) is 6.08 Å². The van der Waals surface area contributed by atoms with Gasteiger partial charge in [-0.15, -0.1) is 0 Å². The topological polar surface area (TPSA) is 89.6 Å².